The molecule has 7 heteroatoms. The summed E-state index contributed by atoms with van der Waals surface area (Å²) in [6, 6.07) is 13.6. The molecule has 0 atom stereocenters. The second-order valence-corrected chi connectivity index (χ2v) is 4.35. The van der Waals surface area contributed by atoms with Gasteiger partial charge in [-0.25, -0.2) is 9.50 Å². The van der Waals surface area contributed by atoms with Crippen LogP contribution in [0.5, 0.6) is 0 Å². The monoisotopic (exact) mass is 278 g/mol. The quantitative estimate of drug-likeness (QED) is 0.620. The van der Waals surface area contributed by atoms with Crippen molar-refractivity contribution in [2.75, 3.05) is 5.32 Å². The molecule has 4 rings (SSSR count). The van der Waals surface area contributed by atoms with Crippen LogP contribution in [0.25, 0.3) is 17.2 Å². The predicted molar refractivity (Wildman–Crippen MR) is 76.0 cm³/mol. The molecule has 0 amide bonds. The number of hydrogen-bond donors (Lipinski definition) is 1. The molecule has 0 saturated heterocycles. The fraction of sp³-hybridized carbons (Fsp3) is 0. The third-order valence-corrected chi connectivity index (χ3v) is 2.97. The van der Waals surface area contributed by atoms with E-state index in [1.807, 2.05) is 36.4 Å². The molecule has 0 aliphatic heterocycles. The molecule has 7 nitrogen and oxygen atoms in total. The maximum absolute atomic E-state index is 5.21. The van der Waals surface area contributed by atoms with Gasteiger partial charge in [0.15, 0.2) is 5.65 Å². The maximum Gasteiger partial charge on any atom is 0.326 e. The largest absolute Gasteiger partial charge is 0.326 e. The molecule has 3 heterocycles. The van der Waals surface area contributed by atoms with Crippen LogP contribution in [0, 0.1) is 0 Å². The van der Waals surface area contributed by atoms with Crippen LogP contribution in [0.4, 0.5) is 11.7 Å². The van der Waals surface area contributed by atoms with Gasteiger partial charge in [-0.15, -0.1) is 0 Å². The summed E-state index contributed by atoms with van der Waals surface area (Å²) in [6.07, 6.45) is 3.36. The summed E-state index contributed by atoms with van der Waals surface area (Å²) >= 11 is 0. The van der Waals surface area contributed by atoms with E-state index < -0.39 is 0 Å². The van der Waals surface area contributed by atoms with Crippen LogP contribution < -0.4 is 5.32 Å². The summed E-state index contributed by atoms with van der Waals surface area (Å²) < 4.78 is 6.88. The molecule has 0 saturated carbocycles. The molecule has 0 unspecified atom stereocenters. The first-order chi connectivity index (χ1) is 10.4. The van der Waals surface area contributed by atoms with E-state index in [4.69, 9.17) is 4.52 Å². The van der Waals surface area contributed by atoms with Crippen molar-refractivity contribution in [3.05, 3.63) is 54.9 Å². The molecule has 0 aliphatic rings. The van der Waals surface area contributed by atoms with Crippen LogP contribution in [0.15, 0.2) is 59.4 Å². The van der Waals surface area contributed by atoms with Gasteiger partial charge in [-0.1, -0.05) is 23.4 Å². The lowest BCUT2D eigenvalue weighted by Gasteiger charge is -1.99. The highest BCUT2D eigenvalue weighted by atomic mass is 16.5. The van der Waals surface area contributed by atoms with Gasteiger partial charge in [-0.3, -0.25) is 0 Å². The lowest BCUT2D eigenvalue weighted by Crippen LogP contribution is -1.96. The summed E-state index contributed by atoms with van der Waals surface area (Å²) in [5, 5.41) is 11.2. The second kappa shape index (κ2) is 4.71. The molecule has 0 fully saturated rings. The number of benzene rings is 1. The molecule has 1 aromatic carbocycles. The van der Waals surface area contributed by atoms with Crippen molar-refractivity contribution in [3.8, 4) is 11.5 Å². The Balaban J connectivity index is 1.70. The number of fused-ring (bicyclic) bond motifs is 1. The highest BCUT2D eigenvalue weighted by molar-refractivity contribution is 5.57. The molecule has 102 valence electrons. The lowest BCUT2D eigenvalue weighted by atomic mass is 10.3. The number of nitrogens with zero attached hydrogens (tertiary/aromatic N) is 5. The normalized spacial score (nSPS) is 10.9. The summed E-state index contributed by atoms with van der Waals surface area (Å²) in [5.41, 5.74) is 2.33. The van der Waals surface area contributed by atoms with Gasteiger partial charge in [-0.2, -0.15) is 10.1 Å². The number of anilines is 2. The molecule has 0 spiro atoms. The molecule has 3 aromatic heterocycles. The highest BCUT2D eigenvalue weighted by Gasteiger charge is 2.12. The van der Waals surface area contributed by atoms with Crippen LogP contribution in [0.3, 0.4) is 0 Å². The Morgan fingerprint density at radius 1 is 1.00 bits per heavy atom. The van der Waals surface area contributed by atoms with Crippen LogP contribution in [-0.2, 0) is 0 Å². The number of aromatic nitrogens is 5. The molecule has 0 aliphatic carbocycles. The molecule has 0 bridgehead atoms. The van der Waals surface area contributed by atoms with Crippen molar-refractivity contribution in [1.29, 1.82) is 0 Å². The molecule has 4 aromatic rings. The van der Waals surface area contributed by atoms with Gasteiger partial charge < -0.3 is 9.84 Å². The molecular weight excluding hydrogens is 268 g/mol. The van der Waals surface area contributed by atoms with E-state index in [1.165, 1.54) is 0 Å². The Morgan fingerprint density at radius 2 is 1.90 bits per heavy atom. The fourth-order valence-electron chi connectivity index (χ4n) is 2.03. The Kier molecular flexibility index (Phi) is 2.60. The minimum Gasteiger partial charge on any atom is -0.315 e. The Labute approximate surface area is 119 Å². The topological polar surface area (TPSA) is 81.1 Å². The Hall–Kier alpha value is -3.22. The standard InChI is InChI=1S/C14H10N6O/c1-2-4-10(5-3-1)17-14-18-13(19-21-14)11-6-8-15-12-7-9-16-20(11)12/h1-9H,(H,17,18,19). The van der Waals surface area contributed by atoms with Gasteiger partial charge >= 0.3 is 6.01 Å². The zero-order valence-corrected chi connectivity index (χ0v) is 10.8. The van der Waals surface area contributed by atoms with Gasteiger partial charge in [0.05, 0.1) is 6.20 Å². The smallest absolute Gasteiger partial charge is 0.315 e. The van der Waals surface area contributed by atoms with Crippen LogP contribution in [-0.4, -0.2) is 24.7 Å². The zero-order valence-electron chi connectivity index (χ0n) is 10.8. The zero-order chi connectivity index (χ0) is 14.1. The second-order valence-electron chi connectivity index (χ2n) is 4.35. The lowest BCUT2D eigenvalue weighted by molar-refractivity contribution is 0.435. The third kappa shape index (κ3) is 2.10. The first-order valence-electron chi connectivity index (χ1n) is 6.35. The van der Waals surface area contributed by atoms with Crippen LogP contribution in [0.1, 0.15) is 0 Å². The van der Waals surface area contributed by atoms with Crippen molar-refractivity contribution >= 4 is 17.3 Å². The number of para-hydroxylation sites is 1. The Bertz CT molecular complexity index is 883. The molecular formula is C14H10N6O. The minimum absolute atomic E-state index is 0.327. The van der Waals surface area contributed by atoms with Gasteiger partial charge in [0.25, 0.3) is 0 Å². The van der Waals surface area contributed by atoms with Crippen molar-refractivity contribution in [2.24, 2.45) is 0 Å². The minimum atomic E-state index is 0.327. The SMILES string of the molecule is c1ccc(Nc2nc(-c3ccnc4ccnn34)no2)cc1. The van der Waals surface area contributed by atoms with E-state index in [0.717, 1.165) is 17.0 Å². The van der Waals surface area contributed by atoms with E-state index in [9.17, 15) is 0 Å². The predicted octanol–water partition coefficient (Wildman–Crippen LogP) is 2.52. The molecule has 0 radical (unpaired) electrons. The summed E-state index contributed by atoms with van der Waals surface area (Å²) in [7, 11) is 0. The number of rotatable bonds is 3. The van der Waals surface area contributed by atoms with E-state index >= 15 is 0 Å². The van der Waals surface area contributed by atoms with Gasteiger partial charge in [0, 0.05) is 18.0 Å². The summed E-state index contributed by atoms with van der Waals surface area (Å²) in [5.74, 6) is 0.449. The van der Waals surface area contributed by atoms with E-state index in [0.29, 0.717) is 11.8 Å². The fourth-order valence-corrected chi connectivity index (χ4v) is 2.03. The summed E-state index contributed by atoms with van der Waals surface area (Å²) in [4.78, 5) is 8.53. The first kappa shape index (κ1) is 11.6. The average molecular weight is 278 g/mol. The number of nitrogens with one attached hydrogen (secondary N) is 1. The molecule has 21 heavy (non-hydrogen) atoms. The van der Waals surface area contributed by atoms with Crippen molar-refractivity contribution in [1.82, 2.24) is 24.7 Å². The average Bonchev–Trinajstić information content (AvgIpc) is 3.16. The van der Waals surface area contributed by atoms with Crippen LogP contribution >= 0.6 is 0 Å². The van der Waals surface area contributed by atoms with Gasteiger partial charge in [0.1, 0.15) is 5.69 Å². The van der Waals surface area contributed by atoms with E-state index in [2.05, 4.69) is 25.5 Å². The molecule has 1 N–H and O–H groups in total. The van der Waals surface area contributed by atoms with E-state index in [1.54, 1.807) is 23.0 Å². The maximum atomic E-state index is 5.21. The van der Waals surface area contributed by atoms with Crippen molar-refractivity contribution in [2.45, 2.75) is 0 Å². The van der Waals surface area contributed by atoms with Crippen molar-refractivity contribution < 1.29 is 4.52 Å². The van der Waals surface area contributed by atoms with Gasteiger partial charge in [0.2, 0.25) is 5.82 Å². The third-order valence-electron chi connectivity index (χ3n) is 2.97. The first-order valence-corrected chi connectivity index (χ1v) is 6.35. The highest BCUT2D eigenvalue weighted by Crippen LogP contribution is 2.20. The summed E-state index contributed by atoms with van der Waals surface area (Å²) in [6.45, 7) is 0. The van der Waals surface area contributed by atoms with Gasteiger partial charge in [-0.05, 0) is 18.2 Å². The van der Waals surface area contributed by atoms with E-state index in [-0.39, 0.29) is 0 Å². The Morgan fingerprint density at radius 3 is 2.81 bits per heavy atom. The van der Waals surface area contributed by atoms with Crippen LogP contribution in [0.2, 0.25) is 0 Å². The van der Waals surface area contributed by atoms with Crippen molar-refractivity contribution in [3.63, 3.8) is 0 Å². The number of hydrogen-bond acceptors (Lipinski definition) is 6.